The van der Waals surface area contributed by atoms with E-state index < -0.39 is 0 Å². The van der Waals surface area contributed by atoms with Gasteiger partial charge < -0.3 is 20.1 Å². The maximum atomic E-state index is 5.76. The maximum absolute atomic E-state index is 5.76. The van der Waals surface area contributed by atoms with Gasteiger partial charge in [0.1, 0.15) is 5.75 Å². The minimum atomic E-state index is -0.0717. The Morgan fingerprint density at radius 3 is 2.67 bits per heavy atom. The first-order valence-electron chi connectivity index (χ1n) is 7.37. The molecule has 1 saturated heterocycles. The number of aliphatic imine (C=N–C) groups is 1. The number of rotatable bonds is 5. The summed E-state index contributed by atoms with van der Waals surface area (Å²) in [6.45, 7) is 4.50. The molecule has 1 aliphatic heterocycles. The van der Waals surface area contributed by atoms with E-state index in [2.05, 4.69) is 22.5 Å². The number of guanidine groups is 1. The lowest BCUT2D eigenvalue weighted by Gasteiger charge is -2.24. The van der Waals surface area contributed by atoms with E-state index in [1.54, 1.807) is 14.2 Å². The van der Waals surface area contributed by atoms with E-state index >= 15 is 0 Å². The molecule has 2 rings (SSSR count). The molecule has 1 aliphatic rings. The van der Waals surface area contributed by atoms with E-state index in [1.807, 2.05) is 24.3 Å². The fourth-order valence-electron chi connectivity index (χ4n) is 2.40. The average molecular weight is 291 g/mol. The van der Waals surface area contributed by atoms with Crippen molar-refractivity contribution >= 4 is 5.96 Å². The summed E-state index contributed by atoms with van der Waals surface area (Å²) < 4.78 is 10.9. The molecule has 1 unspecified atom stereocenters. The van der Waals surface area contributed by atoms with Crippen molar-refractivity contribution in [2.24, 2.45) is 4.99 Å². The van der Waals surface area contributed by atoms with Gasteiger partial charge in [-0.3, -0.25) is 4.99 Å². The first-order valence-corrected chi connectivity index (χ1v) is 7.37. The second-order valence-electron chi connectivity index (χ2n) is 5.53. The molecule has 116 valence electrons. The van der Waals surface area contributed by atoms with Crippen LogP contribution in [-0.4, -0.2) is 38.9 Å². The van der Waals surface area contributed by atoms with Crippen LogP contribution in [0.1, 0.15) is 25.3 Å². The largest absolute Gasteiger partial charge is 0.497 e. The van der Waals surface area contributed by atoms with Crippen molar-refractivity contribution in [3.05, 3.63) is 29.8 Å². The van der Waals surface area contributed by atoms with E-state index in [4.69, 9.17) is 9.47 Å². The first kappa shape index (κ1) is 15.6. The van der Waals surface area contributed by atoms with Crippen LogP contribution in [0.15, 0.2) is 29.3 Å². The summed E-state index contributed by atoms with van der Waals surface area (Å²) in [5.41, 5.74) is 1.11. The lowest BCUT2D eigenvalue weighted by Crippen LogP contribution is -2.45. The van der Waals surface area contributed by atoms with Crippen LogP contribution in [0.2, 0.25) is 0 Å². The van der Waals surface area contributed by atoms with Gasteiger partial charge in [0, 0.05) is 26.7 Å². The number of methoxy groups -OCH3 is 1. The fraction of sp³-hybridized carbons (Fsp3) is 0.562. The summed E-state index contributed by atoms with van der Waals surface area (Å²) >= 11 is 0. The van der Waals surface area contributed by atoms with Gasteiger partial charge in [-0.1, -0.05) is 12.1 Å². The van der Waals surface area contributed by atoms with Crippen LogP contribution in [0.4, 0.5) is 0 Å². The molecular formula is C16H25N3O2. The van der Waals surface area contributed by atoms with Gasteiger partial charge in [-0.2, -0.15) is 0 Å². The standard InChI is InChI=1S/C16H25N3O2/c1-16(9-4-10-21-16)12-19-15(17-2)18-11-13-5-7-14(20-3)8-6-13/h5-8H,4,9-12H2,1-3H3,(H2,17,18,19). The lowest BCUT2D eigenvalue weighted by molar-refractivity contribution is 0.0243. The smallest absolute Gasteiger partial charge is 0.191 e. The molecule has 2 N–H and O–H groups in total. The van der Waals surface area contributed by atoms with Crippen molar-refractivity contribution < 1.29 is 9.47 Å². The number of ether oxygens (including phenoxy) is 2. The van der Waals surface area contributed by atoms with Crippen molar-refractivity contribution in [1.82, 2.24) is 10.6 Å². The molecule has 5 heteroatoms. The van der Waals surface area contributed by atoms with Crippen LogP contribution in [0, 0.1) is 0 Å². The summed E-state index contributed by atoms with van der Waals surface area (Å²) in [5, 5.41) is 6.64. The molecule has 5 nitrogen and oxygen atoms in total. The van der Waals surface area contributed by atoms with Crippen molar-refractivity contribution in [3.63, 3.8) is 0 Å². The zero-order valence-electron chi connectivity index (χ0n) is 13.1. The Balaban J connectivity index is 1.79. The highest BCUT2D eigenvalue weighted by Crippen LogP contribution is 2.23. The molecule has 0 radical (unpaired) electrons. The van der Waals surface area contributed by atoms with Crippen LogP contribution in [0.25, 0.3) is 0 Å². The topological polar surface area (TPSA) is 54.9 Å². The normalized spacial score (nSPS) is 22.1. The highest BCUT2D eigenvalue weighted by atomic mass is 16.5. The third kappa shape index (κ3) is 4.63. The van der Waals surface area contributed by atoms with Crippen LogP contribution in [-0.2, 0) is 11.3 Å². The second-order valence-corrected chi connectivity index (χ2v) is 5.53. The van der Waals surface area contributed by atoms with Crippen molar-refractivity contribution in [2.75, 3.05) is 27.3 Å². The van der Waals surface area contributed by atoms with Crippen molar-refractivity contribution in [1.29, 1.82) is 0 Å². The summed E-state index contributed by atoms with van der Waals surface area (Å²) in [6.07, 6.45) is 2.23. The Hall–Kier alpha value is -1.75. The number of hydrogen-bond donors (Lipinski definition) is 2. The molecule has 1 aromatic rings. The van der Waals surface area contributed by atoms with Gasteiger partial charge in [0.25, 0.3) is 0 Å². The van der Waals surface area contributed by atoms with Gasteiger partial charge in [0.15, 0.2) is 5.96 Å². The molecule has 1 fully saturated rings. The predicted molar refractivity (Wildman–Crippen MR) is 84.8 cm³/mol. The molecule has 1 heterocycles. The van der Waals surface area contributed by atoms with Gasteiger partial charge in [0.2, 0.25) is 0 Å². The molecule has 0 aliphatic carbocycles. The Morgan fingerprint density at radius 2 is 2.10 bits per heavy atom. The molecule has 0 spiro atoms. The number of benzene rings is 1. The summed E-state index contributed by atoms with van der Waals surface area (Å²) in [5.74, 6) is 1.66. The van der Waals surface area contributed by atoms with E-state index in [9.17, 15) is 0 Å². The lowest BCUT2D eigenvalue weighted by atomic mass is 10.0. The molecule has 21 heavy (non-hydrogen) atoms. The third-order valence-electron chi connectivity index (χ3n) is 3.77. The van der Waals surface area contributed by atoms with E-state index in [1.165, 1.54) is 5.56 Å². The molecule has 1 atom stereocenters. The third-order valence-corrected chi connectivity index (χ3v) is 3.77. The Morgan fingerprint density at radius 1 is 1.33 bits per heavy atom. The van der Waals surface area contributed by atoms with Crippen molar-refractivity contribution in [3.8, 4) is 5.75 Å². The highest BCUT2D eigenvalue weighted by molar-refractivity contribution is 5.79. The first-order chi connectivity index (χ1) is 10.1. The van der Waals surface area contributed by atoms with Gasteiger partial charge >= 0.3 is 0 Å². The molecule has 0 bridgehead atoms. The fourth-order valence-corrected chi connectivity index (χ4v) is 2.40. The minimum absolute atomic E-state index is 0.0717. The van der Waals surface area contributed by atoms with Crippen LogP contribution >= 0.6 is 0 Å². The number of hydrogen-bond acceptors (Lipinski definition) is 3. The summed E-state index contributed by atoms with van der Waals surface area (Å²) in [6, 6.07) is 8.00. The molecule has 0 amide bonds. The van der Waals surface area contributed by atoms with Crippen LogP contribution < -0.4 is 15.4 Å². The maximum Gasteiger partial charge on any atom is 0.191 e. The zero-order chi connectivity index (χ0) is 15.1. The molecule has 0 saturated carbocycles. The highest BCUT2D eigenvalue weighted by Gasteiger charge is 2.29. The zero-order valence-corrected chi connectivity index (χ0v) is 13.1. The van der Waals surface area contributed by atoms with Crippen LogP contribution in [0.5, 0.6) is 5.75 Å². The van der Waals surface area contributed by atoms with Gasteiger partial charge in [-0.25, -0.2) is 0 Å². The summed E-state index contributed by atoms with van der Waals surface area (Å²) in [4.78, 5) is 4.24. The Kier molecular flexibility index (Phi) is 5.44. The van der Waals surface area contributed by atoms with Gasteiger partial charge in [-0.05, 0) is 37.5 Å². The van der Waals surface area contributed by atoms with Crippen LogP contribution in [0.3, 0.4) is 0 Å². The monoisotopic (exact) mass is 291 g/mol. The Bertz CT molecular complexity index is 465. The Labute approximate surface area is 126 Å². The average Bonchev–Trinajstić information content (AvgIpc) is 2.95. The quantitative estimate of drug-likeness (QED) is 0.643. The minimum Gasteiger partial charge on any atom is -0.497 e. The van der Waals surface area contributed by atoms with Gasteiger partial charge in [0.05, 0.1) is 12.7 Å². The predicted octanol–water partition coefficient (Wildman–Crippen LogP) is 1.93. The van der Waals surface area contributed by atoms with E-state index in [0.29, 0.717) is 0 Å². The van der Waals surface area contributed by atoms with Gasteiger partial charge in [-0.15, -0.1) is 0 Å². The SMILES string of the molecule is CN=C(NCc1ccc(OC)cc1)NCC1(C)CCCO1. The molecule has 1 aromatic carbocycles. The van der Waals surface area contributed by atoms with E-state index in [0.717, 1.165) is 44.2 Å². The number of nitrogens with zero attached hydrogens (tertiary/aromatic N) is 1. The van der Waals surface area contributed by atoms with E-state index in [-0.39, 0.29) is 5.60 Å². The molecular weight excluding hydrogens is 266 g/mol. The second kappa shape index (κ2) is 7.31. The molecule has 0 aromatic heterocycles. The summed E-state index contributed by atoms with van der Waals surface area (Å²) in [7, 11) is 3.45. The number of nitrogens with one attached hydrogen (secondary N) is 2. The van der Waals surface area contributed by atoms with Crippen molar-refractivity contribution in [2.45, 2.75) is 31.9 Å².